The van der Waals surface area contributed by atoms with Gasteiger partial charge in [0.15, 0.2) is 0 Å². The Bertz CT molecular complexity index is 405. The molecule has 1 aliphatic heterocycles. The van der Waals surface area contributed by atoms with Crippen molar-refractivity contribution in [3.63, 3.8) is 0 Å². The number of carbonyl (C=O) groups is 2. The number of ether oxygens (including phenoxy) is 2. The monoisotopic (exact) mass is 281 g/mol. The van der Waals surface area contributed by atoms with E-state index in [1.807, 2.05) is 0 Å². The van der Waals surface area contributed by atoms with Crippen LogP contribution in [-0.4, -0.2) is 49.2 Å². The van der Waals surface area contributed by atoms with E-state index in [1.54, 1.807) is 0 Å². The lowest BCUT2D eigenvalue weighted by Gasteiger charge is -2.23. The summed E-state index contributed by atoms with van der Waals surface area (Å²) < 4.78 is 10.8. The quantitative estimate of drug-likeness (QED) is 0.682. The molecule has 5 heteroatoms. The molecular formula is C15H23NO4. The van der Waals surface area contributed by atoms with Crippen LogP contribution in [0, 0.1) is 23.7 Å². The smallest absolute Gasteiger partial charge is 0.310 e. The fourth-order valence-corrected chi connectivity index (χ4v) is 4.24. The summed E-state index contributed by atoms with van der Waals surface area (Å²) in [6.07, 6.45) is 1.89. The summed E-state index contributed by atoms with van der Waals surface area (Å²) in [4.78, 5) is 26.3. The van der Waals surface area contributed by atoms with Crippen molar-refractivity contribution < 1.29 is 19.1 Å². The predicted octanol–water partition coefficient (Wildman–Crippen LogP) is 1.07. The Balaban J connectivity index is 1.55. The van der Waals surface area contributed by atoms with Crippen LogP contribution in [-0.2, 0) is 19.1 Å². The highest BCUT2D eigenvalue weighted by Crippen LogP contribution is 2.57. The highest BCUT2D eigenvalue weighted by molar-refractivity contribution is 5.85. The number of esters is 2. The first kappa shape index (κ1) is 13.9. The average molecular weight is 281 g/mol. The Hall–Kier alpha value is -1.10. The van der Waals surface area contributed by atoms with Crippen LogP contribution in [0.25, 0.3) is 0 Å². The van der Waals surface area contributed by atoms with E-state index in [0.717, 1.165) is 32.5 Å². The molecule has 2 aliphatic carbocycles. The van der Waals surface area contributed by atoms with Gasteiger partial charge in [-0.1, -0.05) is 13.8 Å². The molecule has 3 aliphatic rings. The van der Waals surface area contributed by atoms with Gasteiger partial charge in [-0.05, 0) is 31.8 Å². The van der Waals surface area contributed by atoms with Crippen LogP contribution in [0.4, 0.5) is 0 Å². The first-order valence-electron chi connectivity index (χ1n) is 7.75. The molecule has 0 unspecified atom stereocenters. The minimum atomic E-state index is -0.247. The number of hydrogen-bond acceptors (Lipinski definition) is 5. The van der Waals surface area contributed by atoms with Gasteiger partial charge < -0.3 is 14.4 Å². The van der Waals surface area contributed by atoms with Gasteiger partial charge in [0.25, 0.3) is 0 Å². The fraction of sp³-hybridized carbons (Fsp3) is 0.867. The molecule has 5 atom stereocenters. The Kier molecular flexibility index (Phi) is 3.71. The number of nitrogens with zero attached hydrogens (tertiary/aromatic N) is 1. The number of carbonyl (C=O) groups excluding carboxylic acids is 2. The zero-order valence-electron chi connectivity index (χ0n) is 12.2. The van der Waals surface area contributed by atoms with Crippen LogP contribution in [0.5, 0.6) is 0 Å². The summed E-state index contributed by atoms with van der Waals surface area (Å²) in [7, 11) is 0. The zero-order chi connectivity index (χ0) is 14.3. The summed E-state index contributed by atoms with van der Waals surface area (Å²) in [5, 5.41) is 0. The molecule has 3 fully saturated rings. The van der Waals surface area contributed by atoms with Gasteiger partial charge in [0.05, 0.1) is 11.8 Å². The molecule has 20 heavy (non-hydrogen) atoms. The summed E-state index contributed by atoms with van der Waals surface area (Å²) >= 11 is 0. The van der Waals surface area contributed by atoms with Crippen LogP contribution in [0.1, 0.15) is 26.7 Å². The van der Waals surface area contributed by atoms with Gasteiger partial charge in [-0.2, -0.15) is 0 Å². The van der Waals surface area contributed by atoms with Crippen molar-refractivity contribution in [1.82, 2.24) is 4.90 Å². The van der Waals surface area contributed by atoms with Crippen molar-refractivity contribution in [2.24, 2.45) is 23.7 Å². The lowest BCUT2D eigenvalue weighted by molar-refractivity contribution is -0.156. The predicted molar refractivity (Wildman–Crippen MR) is 71.8 cm³/mol. The van der Waals surface area contributed by atoms with Gasteiger partial charge in [-0.15, -0.1) is 0 Å². The second-order valence-corrected chi connectivity index (χ2v) is 6.12. The molecule has 0 aromatic rings. The first-order valence-corrected chi connectivity index (χ1v) is 7.75. The van der Waals surface area contributed by atoms with E-state index in [4.69, 9.17) is 9.47 Å². The molecule has 112 valence electrons. The maximum absolute atomic E-state index is 12.3. The van der Waals surface area contributed by atoms with Gasteiger partial charge in [0, 0.05) is 12.5 Å². The standard InChI is InChI=1S/C15H23NO4/c1-3-16(4-2)5-6-19-14(17)12-9-7-10-11(8-9)20-15(18)13(10)12/h9-13H,3-8H2,1-2H3/t9-,10-,11+,12+,13-/m0/s1. The molecular weight excluding hydrogens is 258 g/mol. The van der Waals surface area contributed by atoms with Gasteiger partial charge in [-0.25, -0.2) is 0 Å². The van der Waals surface area contributed by atoms with Crippen LogP contribution in [0.2, 0.25) is 0 Å². The van der Waals surface area contributed by atoms with Crippen molar-refractivity contribution >= 4 is 11.9 Å². The Morgan fingerprint density at radius 3 is 2.80 bits per heavy atom. The molecule has 0 spiro atoms. The second-order valence-electron chi connectivity index (χ2n) is 6.12. The van der Waals surface area contributed by atoms with Gasteiger partial charge in [0.2, 0.25) is 0 Å². The van der Waals surface area contributed by atoms with Gasteiger partial charge in [0.1, 0.15) is 12.7 Å². The SMILES string of the molecule is CCN(CC)CCOC(=O)[C@@H]1[C@H]2C[C@@H]3[C@@H]1C(=O)O[C@@H]3C2. The summed E-state index contributed by atoms with van der Waals surface area (Å²) in [6, 6.07) is 0. The number of likely N-dealkylation sites (N-methyl/N-ethyl adjacent to an activating group) is 1. The molecule has 5 nitrogen and oxygen atoms in total. The van der Waals surface area contributed by atoms with E-state index in [2.05, 4.69) is 18.7 Å². The molecule has 0 aromatic heterocycles. The van der Waals surface area contributed by atoms with E-state index >= 15 is 0 Å². The van der Waals surface area contributed by atoms with Crippen LogP contribution in [0.3, 0.4) is 0 Å². The third-order valence-corrected chi connectivity index (χ3v) is 5.30. The van der Waals surface area contributed by atoms with E-state index in [1.165, 1.54) is 0 Å². The summed E-state index contributed by atoms with van der Waals surface area (Å²) in [5.41, 5.74) is 0. The Morgan fingerprint density at radius 2 is 2.10 bits per heavy atom. The second kappa shape index (κ2) is 5.35. The lowest BCUT2D eigenvalue weighted by Crippen LogP contribution is -2.35. The van der Waals surface area contributed by atoms with Crippen molar-refractivity contribution in [1.29, 1.82) is 0 Å². The molecule has 2 saturated carbocycles. The highest BCUT2D eigenvalue weighted by atomic mass is 16.6. The maximum Gasteiger partial charge on any atom is 0.310 e. The lowest BCUT2D eigenvalue weighted by atomic mass is 9.80. The first-order chi connectivity index (χ1) is 9.65. The summed E-state index contributed by atoms with van der Waals surface area (Å²) in [6.45, 7) is 7.28. The topological polar surface area (TPSA) is 55.8 Å². The number of rotatable bonds is 6. The zero-order valence-corrected chi connectivity index (χ0v) is 12.2. The van der Waals surface area contributed by atoms with Crippen molar-refractivity contribution in [3.8, 4) is 0 Å². The Labute approximate surface area is 119 Å². The van der Waals surface area contributed by atoms with Crippen LogP contribution < -0.4 is 0 Å². The minimum Gasteiger partial charge on any atom is -0.464 e. The van der Waals surface area contributed by atoms with E-state index in [-0.39, 0.29) is 35.8 Å². The van der Waals surface area contributed by atoms with Crippen molar-refractivity contribution in [2.45, 2.75) is 32.8 Å². The third-order valence-electron chi connectivity index (χ3n) is 5.30. The van der Waals surface area contributed by atoms with Gasteiger partial charge >= 0.3 is 11.9 Å². The molecule has 0 N–H and O–H groups in total. The molecule has 2 bridgehead atoms. The molecule has 1 saturated heterocycles. The van der Waals surface area contributed by atoms with E-state index in [9.17, 15) is 9.59 Å². The Morgan fingerprint density at radius 1 is 1.35 bits per heavy atom. The van der Waals surface area contributed by atoms with Crippen molar-refractivity contribution in [3.05, 3.63) is 0 Å². The van der Waals surface area contributed by atoms with Crippen LogP contribution >= 0.6 is 0 Å². The van der Waals surface area contributed by atoms with Crippen molar-refractivity contribution in [2.75, 3.05) is 26.2 Å². The molecule has 0 radical (unpaired) electrons. The number of hydrogen-bond donors (Lipinski definition) is 0. The molecule has 1 heterocycles. The molecule has 0 aromatic carbocycles. The molecule has 0 amide bonds. The molecule has 3 rings (SSSR count). The largest absolute Gasteiger partial charge is 0.464 e. The van der Waals surface area contributed by atoms with E-state index < -0.39 is 0 Å². The fourth-order valence-electron chi connectivity index (χ4n) is 4.24. The van der Waals surface area contributed by atoms with Crippen LogP contribution in [0.15, 0.2) is 0 Å². The number of fused-ring (bicyclic) bond motifs is 1. The maximum atomic E-state index is 12.3. The van der Waals surface area contributed by atoms with Gasteiger partial charge in [-0.3, -0.25) is 9.59 Å². The highest BCUT2D eigenvalue weighted by Gasteiger charge is 2.64. The third kappa shape index (κ3) is 2.12. The minimum absolute atomic E-state index is 0.0808. The van der Waals surface area contributed by atoms with E-state index in [0.29, 0.717) is 12.5 Å². The summed E-state index contributed by atoms with van der Waals surface area (Å²) in [5.74, 6) is -0.268. The normalized spacial score (nSPS) is 37.5. The average Bonchev–Trinajstić information content (AvgIpc) is 3.04.